The molecule has 1 N–H and O–H groups in total. The van der Waals surface area contributed by atoms with Crippen LogP contribution in [0.1, 0.15) is 47.0 Å². The molecule has 0 saturated carbocycles. The van der Waals surface area contributed by atoms with E-state index in [1.165, 1.54) is 6.92 Å². The van der Waals surface area contributed by atoms with Crippen LogP contribution in [0.3, 0.4) is 0 Å². The number of fused-ring (bicyclic) bond motifs is 2. The standard InChI is InChI=1S/C16H27IO5/c1-5-20-15-13(21-10(3)18)8-11(19)9(2)12-6-7-14(22-12)16(15,4)17/h9,11-15,19H,5-8H2,1-4H3/t9-,11-,12+,13+,14-,15+,16+/m1/s1. The highest BCUT2D eigenvalue weighted by Crippen LogP contribution is 2.44. The molecule has 0 aromatic heterocycles. The Morgan fingerprint density at radius 3 is 2.73 bits per heavy atom. The first kappa shape index (κ1) is 18.4. The van der Waals surface area contributed by atoms with Crippen molar-refractivity contribution in [1.29, 1.82) is 0 Å². The SMILES string of the molecule is CCO[C@H]1[C@@H](OC(C)=O)C[C@@H](O)[C@@H](C)[C@@H]2CC[C@@H](O2)[C@]1(C)I. The van der Waals surface area contributed by atoms with Gasteiger partial charge in [0.25, 0.3) is 0 Å². The smallest absolute Gasteiger partial charge is 0.302 e. The van der Waals surface area contributed by atoms with Crippen molar-refractivity contribution >= 4 is 28.6 Å². The number of esters is 1. The fourth-order valence-corrected chi connectivity index (χ4v) is 4.65. The van der Waals surface area contributed by atoms with Crippen LogP contribution >= 0.6 is 22.6 Å². The molecule has 2 heterocycles. The van der Waals surface area contributed by atoms with Gasteiger partial charge in [0, 0.05) is 25.9 Å². The summed E-state index contributed by atoms with van der Waals surface area (Å²) in [6, 6.07) is 0. The van der Waals surface area contributed by atoms with Crippen LogP contribution < -0.4 is 0 Å². The lowest BCUT2D eigenvalue weighted by Crippen LogP contribution is -2.53. The lowest BCUT2D eigenvalue weighted by molar-refractivity contribution is -0.160. The Morgan fingerprint density at radius 2 is 2.14 bits per heavy atom. The van der Waals surface area contributed by atoms with Crippen LogP contribution in [0.15, 0.2) is 0 Å². The van der Waals surface area contributed by atoms with Crippen molar-refractivity contribution in [2.24, 2.45) is 5.92 Å². The summed E-state index contributed by atoms with van der Waals surface area (Å²) in [5.41, 5.74) is 0. The molecule has 0 radical (unpaired) electrons. The van der Waals surface area contributed by atoms with E-state index < -0.39 is 12.2 Å². The molecule has 5 nitrogen and oxygen atoms in total. The summed E-state index contributed by atoms with van der Waals surface area (Å²) in [6.07, 6.45) is 1.06. The first-order chi connectivity index (χ1) is 10.3. The molecule has 0 spiro atoms. The second kappa shape index (κ2) is 7.32. The molecule has 2 aliphatic heterocycles. The Bertz CT molecular complexity index is 400. The van der Waals surface area contributed by atoms with Crippen LogP contribution in [0.5, 0.6) is 0 Å². The monoisotopic (exact) mass is 426 g/mol. The maximum Gasteiger partial charge on any atom is 0.302 e. The van der Waals surface area contributed by atoms with Crippen molar-refractivity contribution < 1.29 is 24.1 Å². The van der Waals surface area contributed by atoms with Gasteiger partial charge >= 0.3 is 5.97 Å². The van der Waals surface area contributed by atoms with Crippen LogP contribution in [0.2, 0.25) is 0 Å². The number of hydrogen-bond acceptors (Lipinski definition) is 5. The van der Waals surface area contributed by atoms with E-state index >= 15 is 0 Å². The van der Waals surface area contributed by atoms with Gasteiger partial charge in [0.15, 0.2) is 0 Å². The fourth-order valence-electron chi connectivity index (χ4n) is 3.61. The normalized spacial score (nSPS) is 45.7. The molecule has 2 aliphatic rings. The second-order valence-electron chi connectivity index (χ2n) is 6.58. The van der Waals surface area contributed by atoms with Crippen LogP contribution in [0.4, 0.5) is 0 Å². The highest BCUT2D eigenvalue weighted by molar-refractivity contribution is 14.1. The molecule has 22 heavy (non-hydrogen) atoms. The van der Waals surface area contributed by atoms with Gasteiger partial charge in [0.05, 0.1) is 21.7 Å². The summed E-state index contributed by atoms with van der Waals surface area (Å²) in [5.74, 6) is -0.317. The van der Waals surface area contributed by atoms with E-state index in [0.29, 0.717) is 13.0 Å². The summed E-state index contributed by atoms with van der Waals surface area (Å²) in [7, 11) is 0. The minimum absolute atomic E-state index is 0.0237. The molecule has 0 aromatic carbocycles. The summed E-state index contributed by atoms with van der Waals surface area (Å²) in [4.78, 5) is 11.5. The molecule has 0 amide bonds. The van der Waals surface area contributed by atoms with Crippen molar-refractivity contribution in [2.75, 3.05) is 6.61 Å². The zero-order valence-corrected chi connectivity index (χ0v) is 15.9. The Balaban J connectivity index is 2.35. The number of aliphatic hydroxyl groups is 1. The van der Waals surface area contributed by atoms with E-state index in [4.69, 9.17) is 14.2 Å². The highest BCUT2D eigenvalue weighted by Gasteiger charge is 2.51. The minimum atomic E-state index is -0.568. The predicted molar refractivity (Wildman–Crippen MR) is 91.1 cm³/mol. The molecular weight excluding hydrogens is 399 g/mol. The number of halogens is 1. The lowest BCUT2D eigenvalue weighted by Gasteiger charge is -2.40. The maximum absolute atomic E-state index is 11.5. The van der Waals surface area contributed by atoms with Crippen molar-refractivity contribution in [3.05, 3.63) is 0 Å². The van der Waals surface area contributed by atoms with Gasteiger partial charge < -0.3 is 19.3 Å². The van der Waals surface area contributed by atoms with E-state index in [1.54, 1.807) is 0 Å². The number of carbonyl (C=O) groups excluding carboxylic acids is 1. The summed E-state index contributed by atoms with van der Waals surface area (Å²) in [6.45, 7) is 7.97. The van der Waals surface area contributed by atoms with Crippen molar-refractivity contribution in [3.63, 3.8) is 0 Å². The van der Waals surface area contributed by atoms with Gasteiger partial charge in [-0.3, -0.25) is 4.79 Å². The Morgan fingerprint density at radius 1 is 1.45 bits per heavy atom. The van der Waals surface area contributed by atoms with Crippen molar-refractivity contribution in [2.45, 2.75) is 80.9 Å². The maximum atomic E-state index is 11.5. The van der Waals surface area contributed by atoms with Gasteiger partial charge in [-0.2, -0.15) is 0 Å². The van der Waals surface area contributed by atoms with E-state index in [0.717, 1.165) is 12.8 Å². The summed E-state index contributed by atoms with van der Waals surface area (Å²) in [5, 5.41) is 10.5. The van der Waals surface area contributed by atoms with Crippen LogP contribution in [0.25, 0.3) is 0 Å². The number of aliphatic hydroxyl groups excluding tert-OH is 1. The average molecular weight is 426 g/mol. The molecule has 2 bridgehead atoms. The molecule has 2 fully saturated rings. The Hall–Kier alpha value is 0.0800. The van der Waals surface area contributed by atoms with Crippen molar-refractivity contribution in [3.8, 4) is 0 Å². The largest absolute Gasteiger partial charge is 0.460 e. The number of ether oxygens (including phenoxy) is 3. The van der Waals surface area contributed by atoms with Crippen molar-refractivity contribution in [1.82, 2.24) is 0 Å². The first-order valence-corrected chi connectivity index (χ1v) is 9.16. The first-order valence-electron chi connectivity index (χ1n) is 8.08. The van der Waals surface area contributed by atoms with E-state index in [-0.39, 0.29) is 33.6 Å². The lowest BCUT2D eigenvalue weighted by atomic mass is 9.84. The number of alkyl halides is 1. The molecule has 7 atom stereocenters. The number of hydrogen-bond donors (Lipinski definition) is 1. The topological polar surface area (TPSA) is 65.0 Å². The zero-order valence-electron chi connectivity index (χ0n) is 13.8. The Labute approximate surface area is 146 Å². The number of rotatable bonds is 3. The molecule has 0 unspecified atom stereocenters. The second-order valence-corrected chi connectivity index (χ2v) is 8.90. The van der Waals surface area contributed by atoms with E-state index in [1.807, 2.05) is 13.8 Å². The van der Waals surface area contributed by atoms with Gasteiger partial charge in [0.2, 0.25) is 0 Å². The summed E-state index contributed by atoms with van der Waals surface area (Å²) < 4.78 is 17.4. The predicted octanol–water partition coefficient (Wildman–Crippen LogP) is 2.47. The van der Waals surface area contributed by atoms with Crippen LogP contribution in [-0.4, -0.2) is 51.6 Å². The highest BCUT2D eigenvalue weighted by atomic mass is 127. The quantitative estimate of drug-likeness (QED) is 0.427. The minimum Gasteiger partial charge on any atom is -0.460 e. The number of carbonyl (C=O) groups is 1. The molecule has 128 valence electrons. The van der Waals surface area contributed by atoms with Gasteiger partial charge in [-0.25, -0.2) is 0 Å². The fraction of sp³-hybridized carbons (Fsp3) is 0.938. The van der Waals surface area contributed by atoms with Crippen LogP contribution in [-0.2, 0) is 19.0 Å². The molecule has 2 rings (SSSR count). The molecule has 6 heteroatoms. The molecular formula is C16H27IO5. The van der Waals surface area contributed by atoms with Gasteiger partial charge in [-0.05, 0) is 26.7 Å². The molecule has 0 aliphatic carbocycles. The third-order valence-corrected chi connectivity index (χ3v) is 6.22. The summed E-state index contributed by atoms with van der Waals surface area (Å²) >= 11 is 2.38. The van der Waals surface area contributed by atoms with Crippen LogP contribution in [0, 0.1) is 5.92 Å². The third kappa shape index (κ3) is 3.76. The molecule has 2 saturated heterocycles. The average Bonchev–Trinajstić information content (AvgIpc) is 2.92. The van der Waals surface area contributed by atoms with Gasteiger partial charge in [-0.1, -0.05) is 29.5 Å². The zero-order chi connectivity index (χ0) is 16.5. The molecule has 0 aromatic rings. The van der Waals surface area contributed by atoms with Gasteiger partial charge in [-0.15, -0.1) is 0 Å². The van der Waals surface area contributed by atoms with Gasteiger partial charge in [0.1, 0.15) is 12.2 Å². The third-order valence-electron chi connectivity index (χ3n) is 4.91. The van der Waals surface area contributed by atoms with E-state index in [9.17, 15) is 9.90 Å². The Kier molecular flexibility index (Phi) is 6.13. The van der Waals surface area contributed by atoms with E-state index in [2.05, 4.69) is 29.5 Å².